The number of aromatic nitrogens is 20. The largest absolute Gasteiger partial charge is 0.513 e. The molecule has 0 aliphatic heterocycles. The minimum Gasteiger partial charge on any atom is -0.513 e. The quantitative estimate of drug-likeness (QED) is 0.0640. The van der Waals surface area contributed by atoms with E-state index in [0.717, 1.165) is 64.9 Å². The molecule has 10 aromatic carbocycles. The van der Waals surface area contributed by atoms with Gasteiger partial charge in [0.1, 0.15) is 33.0 Å². The summed E-state index contributed by atoms with van der Waals surface area (Å²) in [5.41, 5.74) is 7.65. The molecule has 119 heavy (non-hydrogen) atoms. The van der Waals surface area contributed by atoms with E-state index in [1.54, 1.807) is 119 Å². The molecule has 0 saturated heterocycles. The minimum absolute atomic E-state index is 0. The van der Waals surface area contributed by atoms with Gasteiger partial charge in [-0.1, -0.05) is 104 Å². The number of tetrazole rings is 5. The average Bonchev–Trinajstić information content (AvgIpc) is 1.78. The van der Waals surface area contributed by atoms with Crippen molar-refractivity contribution in [2.45, 2.75) is 46.9 Å². The Morgan fingerprint density at radius 1 is 0.294 bits per heavy atom. The monoisotopic (exact) mass is 2380 g/mol. The summed E-state index contributed by atoms with van der Waals surface area (Å²) in [6, 6.07) is 71.2. The van der Waals surface area contributed by atoms with Crippen LogP contribution >= 0.6 is 107 Å². The van der Waals surface area contributed by atoms with E-state index in [1.807, 2.05) is 111 Å². The molecule has 5 radical (unpaired) electrons. The third-order valence-corrected chi connectivity index (χ3v) is 20.6. The Morgan fingerprint density at radius 2 is 0.546 bits per heavy atom. The van der Waals surface area contributed by atoms with Crippen LogP contribution in [0.15, 0.2) is 239 Å². The topological polar surface area (TPSA) is 310 Å². The number of aryl methyl sites for hydroxylation is 7. The van der Waals surface area contributed by atoms with E-state index in [1.165, 1.54) is 49.2 Å². The van der Waals surface area contributed by atoms with Crippen molar-refractivity contribution < 1.29 is 187 Å². The number of halogens is 7. The van der Waals surface area contributed by atoms with Crippen LogP contribution in [0.1, 0.15) is 38.9 Å². The molecule has 5 aromatic heterocycles. The predicted octanol–water partition coefficient (Wildman–Crippen LogP) is 12.6. The van der Waals surface area contributed by atoms with E-state index >= 15 is 0 Å². The van der Waals surface area contributed by atoms with Crippen LogP contribution < -0.4 is 52.1 Å². The van der Waals surface area contributed by atoms with Crippen molar-refractivity contribution in [3.05, 3.63) is 342 Å². The summed E-state index contributed by atoms with van der Waals surface area (Å²) in [5.74, 6) is 3.48. The summed E-state index contributed by atoms with van der Waals surface area (Å²) in [6.07, 6.45) is 0. The van der Waals surface area contributed by atoms with Gasteiger partial charge in [-0.05, 0) is 120 Å². The molecule has 30 nitrogen and oxygen atoms in total. The number of benzene rings is 10. The van der Waals surface area contributed by atoms with Gasteiger partial charge in [0, 0.05) is 265 Å². The summed E-state index contributed by atoms with van der Waals surface area (Å²) in [6.45, 7) is 5.32. The summed E-state index contributed by atoms with van der Waals surface area (Å²) < 4.78 is 46.2. The first-order valence-corrected chi connectivity index (χ1v) is 38.8. The molecule has 0 atom stereocenters. The zero-order valence-electron chi connectivity index (χ0n) is 64.0. The van der Waals surface area contributed by atoms with Gasteiger partial charge in [0.05, 0.1) is 28.4 Å². The van der Waals surface area contributed by atoms with E-state index in [9.17, 15) is 24.0 Å². The first-order chi connectivity index (χ1) is 55.0. The Balaban J connectivity index is 0.000000228. The molecule has 0 fully saturated rings. The Kier molecular flexibility index (Phi) is 42.6. The minimum atomic E-state index is -0.357. The second-order valence-electron chi connectivity index (χ2n) is 24.0. The zero-order valence-corrected chi connectivity index (χ0v) is 88.5. The molecule has 15 aromatic rings. The smallest absolute Gasteiger partial charge is 0.368 e. The standard InChI is InChI=1S/2C16H14BrN4O2.C15H11Br2N4O2.C15H11BrClN4O2.C15H12BrN4O2.5Y/c2*1-11-6-5-8-14(21-16(22)20(2)18-19-21)12(11)10-23-15-9-4-3-7-13(15)17;1-20-15(22)21(19-18-20)13-7-4-6-11(16)10(13)9-23-14-8-3-2-5-12(14)17;1-20-15(22)21(19-18-20)13-7-4-6-12(17)10(13)9-23-14-8-3-2-5-11(14)16;1-19-15(21)20(18-17-19)13-8-4-2-6-11(13)10-22-14-9-5-3-7-12(14)16;;;;;/h2*4-9H,10H2,1-2H3;2*3-8H,9H2,1H3;2,4-9H,10H2,1H3;;;;;/q5*-1;;;;;. The number of hydrogen-bond acceptors (Lipinski definition) is 20. The van der Waals surface area contributed by atoms with Crippen LogP contribution in [0.25, 0.3) is 28.4 Å². The Morgan fingerprint density at radius 3 is 0.857 bits per heavy atom. The van der Waals surface area contributed by atoms with Gasteiger partial charge in [-0.3, -0.25) is 0 Å². The van der Waals surface area contributed by atoms with Crippen LogP contribution in [-0.2, 0) is 232 Å². The summed E-state index contributed by atoms with van der Waals surface area (Å²) >= 11 is 26.9. The van der Waals surface area contributed by atoms with Gasteiger partial charge in [0.2, 0.25) is 0 Å². The maximum absolute atomic E-state index is 12.1. The van der Waals surface area contributed by atoms with E-state index in [0.29, 0.717) is 87.6 Å². The van der Waals surface area contributed by atoms with Crippen molar-refractivity contribution in [1.82, 2.24) is 99.0 Å². The molecular weight excluding hydrogens is 2320 g/mol. The molecule has 5 heterocycles. The van der Waals surface area contributed by atoms with Gasteiger partial charge in [-0.2, -0.15) is 138 Å². The fourth-order valence-corrected chi connectivity index (χ4v) is 13.0. The fraction of sp³-hybridized carbons (Fsp3) is 0.156. The normalized spacial score (nSPS) is 10.3. The molecule has 0 unspecified atom stereocenters. The molecule has 15 rings (SSSR count). The van der Waals surface area contributed by atoms with Crippen molar-refractivity contribution in [3.63, 3.8) is 0 Å². The van der Waals surface area contributed by atoms with Crippen LogP contribution in [0.5, 0.6) is 28.7 Å². The molecule has 0 N–H and O–H groups in total. The second kappa shape index (κ2) is 49.7. The van der Waals surface area contributed by atoms with Gasteiger partial charge < -0.3 is 23.7 Å². The Labute approximate surface area is 861 Å². The molecule has 599 valence electrons. The Bertz CT molecular complexity index is 5620. The molecule has 0 aliphatic carbocycles. The maximum atomic E-state index is 12.1. The van der Waals surface area contributed by atoms with Gasteiger partial charge in [0.15, 0.2) is 0 Å². The summed E-state index contributed by atoms with van der Waals surface area (Å²) in [7, 11) is 7.77. The summed E-state index contributed by atoms with van der Waals surface area (Å²) in [5, 5.41) is 38.6. The average molecular weight is 2390 g/mol. The van der Waals surface area contributed by atoms with Crippen LogP contribution in [0.3, 0.4) is 0 Å². The SMILES string of the molecule is Cc1cccc(-n2nnn(C)c2=O)c1COc1cc[c-]cc1Br.Cc1cccc(-n2nnn(C)c2=O)c1COc1cc[c-]cc1Br.Cn1nnn(-c2cccc(Br)c2COc2cc[c-]cc2Br)c1=O.Cn1nnn(-c2cccc(Cl)c2COc2cc[c-]cc2Br)c1=O.Cn1nnn(-c2ccccc2COc2cc[c-]cc2Br)c1=O.[Y].[Y].[Y].[Y].[Y]. The van der Waals surface area contributed by atoms with Crippen molar-refractivity contribution >= 4 is 107 Å². The van der Waals surface area contributed by atoms with Crippen molar-refractivity contribution in [3.8, 4) is 57.2 Å². The first-order valence-electron chi connectivity index (χ1n) is 33.7. The number of rotatable bonds is 20. The maximum Gasteiger partial charge on any atom is 0.368 e. The van der Waals surface area contributed by atoms with Crippen molar-refractivity contribution in [1.29, 1.82) is 0 Å². The van der Waals surface area contributed by atoms with Crippen LogP contribution in [0, 0.1) is 44.2 Å². The van der Waals surface area contributed by atoms with Gasteiger partial charge >= 0.3 is 28.4 Å². The van der Waals surface area contributed by atoms with E-state index < -0.39 is 0 Å². The van der Waals surface area contributed by atoms with Crippen molar-refractivity contribution in [2.75, 3.05) is 0 Å². The molecular formula is C77H62Br6ClN20O10Y5-5. The Hall–Kier alpha value is -5.76. The van der Waals surface area contributed by atoms with Gasteiger partial charge in [0.25, 0.3) is 0 Å². The molecule has 0 spiro atoms. The van der Waals surface area contributed by atoms with Crippen LogP contribution in [0.2, 0.25) is 5.02 Å². The zero-order chi connectivity index (χ0) is 81.1. The third-order valence-electron chi connectivity index (χ3n) is 16.5. The van der Waals surface area contributed by atoms with Gasteiger partial charge in [-0.25, -0.2) is 24.0 Å². The van der Waals surface area contributed by atoms with Crippen molar-refractivity contribution in [2.24, 2.45) is 35.2 Å². The van der Waals surface area contributed by atoms with E-state index in [-0.39, 0.29) is 205 Å². The molecule has 0 saturated carbocycles. The van der Waals surface area contributed by atoms with Gasteiger partial charge in [-0.15, -0.1) is 110 Å². The van der Waals surface area contributed by atoms with Crippen LogP contribution in [-0.4, -0.2) is 99.0 Å². The summed E-state index contributed by atoms with van der Waals surface area (Å²) in [4.78, 5) is 60.4. The number of nitrogens with zero attached hydrogens (tertiary/aromatic N) is 20. The van der Waals surface area contributed by atoms with E-state index in [4.69, 9.17) is 35.3 Å². The predicted molar refractivity (Wildman–Crippen MR) is 442 cm³/mol. The fourth-order valence-electron chi connectivity index (χ4n) is 10.4. The number of ether oxygens (including phenoxy) is 5. The van der Waals surface area contributed by atoms with Crippen LogP contribution in [0.4, 0.5) is 0 Å². The second-order valence-corrected chi connectivity index (χ2v) is 29.5. The molecule has 42 heteroatoms. The third kappa shape index (κ3) is 26.6. The first kappa shape index (κ1) is 102. The van der Waals surface area contributed by atoms with E-state index in [2.05, 4.69) is 178 Å². The molecule has 0 bridgehead atoms. The number of para-hydroxylation sites is 1. The molecule has 0 amide bonds. The number of hydrogen-bond donors (Lipinski definition) is 0. The molecule has 0 aliphatic rings.